The topological polar surface area (TPSA) is 101 Å². The molecule has 0 atom stereocenters. The maximum atomic E-state index is 12.5. The summed E-state index contributed by atoms with van der Waals surface area (Å²) in [5, 5.41) is 7.02. The van der Waals surface area contributed by atoms with Gasteiger partial charge < -0.3 is 9.84 Å². The zero-order chi connectivity index (χ0) is 21.7. The van der Waals surface area contributed by atoms with E-state index in [1.54, 1.807) is 55.5 Å². The highest BCUT2D eigenvalue weighted by molar-refractivity contribution is 7.89. The van der Waals surface area contributed by atoms with Crippen molar-refractivity contribution in [1.82, 2.24) is 9.88 Å². The normalized spacial score (nSPS) is 11.7. The van der Waals surface area contributed by atoms with Crippen LogP contribution in [0.1, 0.15) is 29.5 Å². The number of carbonyl (C=O) groups excluding carboxylic acids is 1. The van der Waals surface area contributed by atoms with Crippen molar-refractivity contribution < 1.29 is 17.7 Å². The van der Waals surface area contributed by atoms with Gasteiger partial charge in [0.1, 0.15) is 11.4 Å². The largest absolute Gasteiger partial charge is 0.354 e. The molecule has 2 N–H and O–H groups in total. The molecule has 0 aliphatic rings. The van der Waals surface area contributed by atoms with Crippen LogP contribution in [0.2, 0.25) is 5.02 Å². The summed E-state index contributed by atoms with van der Waals surface area (Å²) < 4.78 is 32.8. The predicted octanol–water partition coefficient (Wildman–Crippen LogP) is 4.24. The molecule has 0 radical (unpaired) electrons. The Bertz CT molecular complexity index is 1190. The molecule has 7 nitrogen and oxygen atoms in total. The molecule has 1 heterocycles. The van der Waals surface area contributed by atoms with Crippen molar-refractivity contribution in [3.8, 4) is 0 Å². The minimum atomic E-state index is -3.68. The second-order valence-electron chi connectivity index (χ2n) is 6.51. The molecule has 30 heavy (non-hydrogen) atoms. The van der Waals surface area contributed by atoms with Gasteiger partial charge in [0.15, 0.2) is 5.76 Å². The first-order chi connectivity index (χ1) is 14.3. The highest BCUT2D eigenvalue weighted by Gasteiger charge is 2.14. The molecule has 0 fully saturated rings. The molecule has 3 aromatic rings. The number of aromatic nitrogens is 1. The smallest absolute Gasteiger partial charge is 0.240 e. The Balaban J connectivity index is 1.71. The lowest BCUT2D eigenvalue weighted by atomic mass is 10.2. The monoisotopic (exact) mass is 445 g/mol. The van der Waals surface area contributed by atoms with E-state index in [0.717, 1.165) is 5.56 Å². The third-order valence-electron chi connectivity index (χ3n) is 4.22. The van der Waals surface area contributed by atoms with Crippen LogP contribution in [0.4, 0.5) is 5.69 Å². The molecule has 3 rings (SSSR count). The fraction of sp³-hybridized carbons (Fsp3) is 0.143. The number of amides is 1. The minimum absolute atomic E-state index is 0.0976. The Morgan fingerprint density at radius 2 is 1.83 bits per heavy atom. The summed E-state index contributed by atoms with van der Waals surface area (Å²) in [5.41, 5.74) is 2.51. The van der Waals surface area contributed by atoms with Crippen LogP contribution in [-0.4, -0.2) is 19.5 Å². The van der Waals surface area contributed by atoms with Crippen LogP contribution in [0.25, 0.3) is 12.2 Å². The van der Waals surface area contributed by atoms with Gasteiger partial charge >= 0.3 is 0 Å². The molecule has 2 aromatic carbocycles. The van der Waals surface area contributed by atoms with E-state index >= 15 is 0 Å². The molecule has 0 aliphatic carbocycles. The lowest BCUT2D eigenvalue weighted by Gasteiger charge is -2.08. The fourth-order valence-electron chi connectivity index (χ4n) is 2.66. The molecule has 0 unspecified atom stereocenters. The van der Waals surface area contributed by atoms with Crippen molar-refractivity contribution in [2.24, 2.45) is 0 Å². The summed E-state index contributed by atoms with van der Waals surface area (Å²) in [6.07, 6.45) is 3.39. The summed E-state index contributed by atoms with van der Waals surface area (Å²) in [4.78, 5) is 11.4. The molecular weight excluding hydrogens is 426 g/mol. The van der Waals surface area contributed by atoms with Crippen LogP contribution in [0, 0.1) is 6.92 Å². The van der Waals surface area contributed by atoms with Gasteiger partial charge in [-0.25, -0.2) is 13.1 Å². The van der Waals surface area contributed by atoms with Crippen molar-refractivity contribution in [2.75, 3.05) is 5.32 Å². The molecule has 156 valence electrons. The number of rotatable bonds is 7. The van der Waals surface area contributed by atoms with Crippen molar-refractivity contribution in [3.05, 3.63) is 76.1 Å². The quantitative estimate of drug-likeness (QED) is 0.566. The summed E-state index contributed by atoms with van der Waals surface area (Å²) in [6, 6.07) is 13.4. The average molecular weight is 446 g/mol. The fourth-order valence-corrected chi connectivity index (χ4v) is 3.87. The number of carbonyl (C=O) groups is 1. The highest BCUT2D eigenvalue weighted by atomic mass is 35.5. The van der Waals surface area contributed by atoms with E-state index in [1.165, 1.54) is 19.1 Å². The van der Waals surface area contributed by atoms with Gasteiger partial charge in [0.2, 0.25) is 15.9 Å². The number of nitrogens with zero attached hydrogens (tertiary/aromatic N) is 1. The number of sulfonamides is 1. The summed E-state index contributed by atoms with van der Waals surface area (Å²) >= 11 is 6.07. The zero-order valence-electron chi connectivity index (χ0n) is 16.3. The van der Waals surface area contributed by atoms with Gasteiger partial charge in [-0.2, -0.15) is 0 Å². The van der Waals surface area contributed by atoms with Gasteiger partial charge in [-0.1, -0.05) is 53.2 Å². The first-order valence-electron chi connectivity index (χ1n) is 9.01. The van der Waals surface area contributed by atoms with Gasteiger partial charge in [-0.15, -0.1) is 0 Å². The third-order valence-corrected chi connectivity index (χ3v) is 6.00. The van der Waals surface area contributed by atoms with Crippen LogP contribution < -0.4 is 10.0 Å². The lowest BCUT2D eigenvalue weighted by molar-refractivity contribution is -0.114. The van der Waals surface area contributed by atoms with E-state index in [-0.39, 0.29) is 17.3 Å². The van der Waals surface area contributed by atoms with Crippen molar-refractivity contribution in [2.45, 2.75) is 25.3 Å². The van der Waals surface area contributed by atoms with Gasteiger partial charge in [0.05, 0.1) is 4.90 Å². The van der Waals surface area contributed by atoms with E-state index in [2.05, 4.69) is 15.2 Å². The zero-order valence-corrected chi connectivity index (χ0v) is 17.9. The summed E-state index contributed by atoms with van der Waals surface area (Å²) in [5.74, 6) is 0.176. The molecule has 0 spiro atoms. The highest BCUT2D eigenvalue weighted by Crippen LogP contribution is 2.23. The molecule has 9 heteroatoms. The average Bonchev–Trinajstić information content (AvgIpc) is 3.05. The number of benzene rings is 2. The van der Waals surface area contributed by atoms with E-state index in [0.29, 0.717) is 27.7 Å². The van der Waals surface area contributed by atoms with Gasteiger partial charge in [-0.3, -0.25) is 4.79 Å². The van der Waals surface area contributed by atoms with Crippen LogP contribution in [0.3, 0.4) is 0 Å². The number of anilines is 1. The Kier molecular flexibility index (Phi) is 6.71. The van der Waals surface area contributed by atoms with Crippen LogP contribution in [0.5, 0.6) is 0 Å². The summed E-state index contributed by atoms with van der Waals surface area (Å²) in [6.45, 7) is 3.22. The maximum Gasteiger partial charge on any atom is 0.240 e. The molecular formula is C21H20ClN3O4S. The SMILES string of the molecule is CC(=O)Nc1c(C)noc1C=Cc1ccc(S(=O)(=O)NCc2ccccc2Cl)cc1. The van der Waals surface area contributed by atoms with Gasteiger partial charge in [0, 0.05) is 18.5 Å². The second kappa shape index (κ2) is 9.25. The van der Waals surface area contributed by atoms with Gasteiger partial charge in [0.25, 0.3) is 0 Å². The third kappa shape index (κ3) is 5.35. The van der Waals surface area contributed by atoms with Crippen molar-refractivity contribution >= 4 is 45.4 Å². The standard InChI is InChI=1S/C21H20ClN3O4S/c1-14-21(24-15(2)26)20(29-25-14)12-9-16-7-10-18(11-8-16)30(27,28)23-13-17-5-3-4-6-19(17)22/h3-12,23H,13H2,1-2H3,(H,24,26). The Hall–Kier alpha value is -2.94. The molecule has 0 bridgehead atoms. The minimum Gasteiger partial charge on any atom is -0.354 e. The number of aryl methyl sites for hydroxylation is 1. The molecule has 1 aromatic heterocycles. The van der Waals surface area contributed by atoms with E-state index in [4.69, 9.17) is 16.1 Å². The number of hydrogen-bond acceptors (Lipinski definition) is 5. The molecule has 1 amide bonds. The van der Waals surface area contributed by atoms with Crippen LogP contribution in [0.15, 0.2) is 57.9 Å². The van der Waals surface area contributed by atoms with Crippen molar-refractivity contribution in [1.29, 1.82) is 0 Å². The van der Waals surface area contributed by atoms with Crippen molar-refractivity contribution in [3.63, 3.8) is 0 Å². The lowest BCUT2D eigenvalue weighted by Crippen LogP contribution is -2.23. The molecule has 0 aliphatic heterocycles. The maximum absolute atomic E-state index is 12.5. The first-order valence-corrected chi connectivity index (χ1v) is 10.9. The summed E-state index contributed by atoms with van der Waals surface area (Å²) in [7, 11) is -3.68. The molecule has 0 saturated carbocycles. The second-order valence-corrected chi connectivity index (χ2v) is 8.68. The molecule has 0 saturated heterocycles. The Morgan fingerprint density at radius 1 is 1.13 bits per heavy atom. The van der Waals surface area contributed by atoms with Gasteiger partial charge in [-0.05, 0) is 42.3 Å². The predicted molar refractivity (Wildman–Crippen MR) is 116 cm³/mol. The van der Waals surface area contributed by atoms with E-state index in [9.17, 15) is 13.2 Å². The first kappa shape index (κ1) is 21.8. The number of halogens is 1. The van der Waals surface area contributed by atoms with E-state index < -0.39 is 10.0 Å². The Labute approximate surface area is 179 Å². The van der Waals surface area contributed by atoms with Crippen LogP contribution >= 0.6 is 11.6 Å². The Morgan fingerprint density at radius 3 is 2.50 bits per heavy atom. The number of nitrogens with one attached hydrogen (secondary N) is 2. The van der Waals surface area contributed by atoms with Crippen LogP contribution in [-0.2, 0) is 21.4 Å². The number of hydrogen-bond donors (Lipinski definition) is 2. The van der Waals surface area contributed by atoms with E-state index in [1.807, 2.05) is 0 Å².